The van der Waals surface area contributed by atoms with Gasteiger partial charge in [-0.3, -0.25) is 4.79 Å². The lowest BCUT2D eigenvalue weighted by Gasteiger charge is -2.32. The van der Waals surface area contributed by atoms with E-state index >= 15 is 0 Å². The summed E-state index contributed by atoms with van der Waals surface area (Å²) in [5, 5.41) is 0.935. The number of hydrogen-bond donors (Lipinski definition) is 0. The van der Waals surface area contributed by atoms with Crippen molar-refractivity contribution in [3.05, 3.63) is 15.6 Å². The van der Waals surface area contributed by atoms with E-state index in [1.54, 1.807) is 0 Å². The Morgan fingerprint density at radius 3 is 2.63 bits per heavy atom. The molecule has 3 nitrogen and oxygen atoms in total. The maximum Gasteiger partial charge on any atom is 0.266 e. The molecule has 2 rings (SSSR count). The highest BCUT2D eigenvalue weighted by Crippen LogP contribution is 2.26. The van der Waals surface area contributed by atoms with Crippen LogP contribution in [0.4, 0.5) is 0 Å². The average Bonchev–Trinajstić information content (AvgIpc) is 2.75. The van der Waals surface area contributed by atoms with Crippen molar-refractivity contribution < 1.29 is 4.79 Å². The fourth-order valence-corrected chi connectivity index (χ4v) is 3.59. The molecule has 0 spiro atoms. The lowest BCUT2D eigenvalue weighted by atomic mass is 9.94. The van der Waals surface area contributed by atoms with Gasteiger partial charge in [-0.1, -0.05) is 25.2 Å². The molecule has 0 N–H and O–H groups in total. The number of aromatic nitrogens is 1. The van der Waals surface area contributed by atoms with Crippen molar-refractivity contribution in [2.45, 2.75) is 52.0 Å². The molecule has 0 radical (unpaired) electrons. The first kappa shape index (κ1) is 14.1. The summed E-state index contributed by atoms with van der Waals surface area (Å²) in [5.74, 6) is 2.69. The Kier molecular flexibility index (Phi) is 4.60. The van der Waals surface area contributed by atoms with Crippen molar-refractivity contribution in [2.75, 3.05) is 6.54 Å². The number of hydrogen-bond acceptors (Lipinski definition) is 3. The third kappa shape index (κ3) is 3.16. The van der Waals surface area contributed by atoms with E-state index in [0.717, 1.165) is 28.4 Å². The number of thiazole rings is 1. The largest absolute Gasteiger partial charge is 0.324 e. The molecule has 1 aliphatic rings. The molecule has 19 heavy (non-hydrogen) atoms. The second kappa shape index (κ2) is 6.21. The zero-order valence-corrected chi connectivity index (χ0v) is 12.4. The lowest BCUT2D eigenvalue weighted by Crippen LogP contribution is -2.41. The van der Waals surface area contributed by atoms with E-state index in [2.05, 4.69) is 10.9 Å². The fraction of sp³-hybridized carbons (Fsp3) is 0.600. The summed E-state index contributed by atoms with van der Waals surface area (Å²) in [5.41, 5.74) is 0.824. The molecular weight excluding hydrogens is 256 g/mol. The molecule has 1 heterocycles. The van der Waals surface area contributed by atoms with Gasteiger partial charge in [-0.2, -0.15) is 0 Å². The number of terminal acetylenes is 1. The number of nitrogens with zero attached hydrogens (tertiary/aromatic N) is 2. The normalized spacial score (nSPS) is 16.1. The van der Waals surface area contributed by atoms with Crippen LogP contribution in [0.25, 0.3) is 0 Å². The summed E-state index contributed by atoms with van der Waals surface area (Å²) in [6.07, 6.45) is 11.2. The number of carbonyl (C=O) groups excluding carboxylic acids is 1. The number of rotatable bonds is 3. The quantitative estimate of drug-likeness (QED) is 0.794. The van der Waals surface area contributed by atoms with Crippen LogP contribution in [0, 0.1) is 26.2 Å². The van der Waals surface area contributed by atoms with Crippen molar-refractivity contribution in [3.63, 3.8) is 0 Å². The van der Waals surface area contributed by atoms with Gasteiger partial charge >= 0.3 is 0 Å². The molecule has 0 unspecified atom stereocenters. The van der Waals surface area contributed by atoms with Crippen LogP contribution in [0.3, 0.4) is 0 Å². The van der Waals surface area contributed by atoms with E-state index in [-0.39, 0.29) is 5.91 Å². The van der Waals surface area contributed by atoms with Crippen LogP contribution in [0.5, 0.6) is 0 Å². The predicted molar refractivity (Wildman–Crippen MR) is 78.3 cm³/mol. The molecular formula is C15H20N2OS. The van der Waals surface area contributed by atoms with Crippen molar-refractivity contribution in [2.24, 2.45) is 0 Å². The highest BCUT2D eigenvalue weighted by Gasteiger charge is 2.27. The monoisotopic (exact) mass is 276 g/mol. The van der Waals surface area contributed by atoms with Gasteiger partial charge in [0, 0.05) is 6.04 Å². The summed E-state index contributed by atoms with van der Waals surface area (Å²) in [6.45, 7) is 4.23. The smallest absolute Gasteiger partial charge is 0.266 e. The summed E-state index contributed by atoms with van der Waals surface area (Å²) in [7, 11) is 0. The van der Waals surface area contributed by atoms with Crippen LogP contribution in [0.2, 0.25) is 0 Å². The SMILES string of the molecule is C#CCN(C(=O)c1sc(C)nc1C)C1CCCCC1. The molecule has 0 bridgehead atoms. The Bertz CT molecular complexity index is 495. The van der Waals surface area contributed by atoms with Crippen LogP contribution < -0.4 is 0 Å². The number of amides is 1. The Balaban J connectivity index is 2.21. The first-order valence-electron chi connectivity index (χ1n) is 6.82. The Hall–Kier alpha value is -1.34. The molecule has 4 heteroatoms. The second-order valence-corrected chi connectivity index (χ2v) is 6.28. The topological polar surface area (TPSA) is 33.2 Å². The molecule has 0 saturated heterocycles. The second-order valence-electron chi connectivity index (χ2n) is 5.08. The molecule has 1 amide bonds. The summed E-state index contributed by atoms with van der Waals surface area (Å²) in [6, 6.07) is 0.305. The highest BCUT2D eigenvalue weighted by molar-refractivity contribution is 7.13. The Morgan fingerprint density at radius 2 is 2.11 bits per heavy atom. The number of carbonyl (C=O) groups is 1. The van der Waals surface area contributed by atoms with Gasteiger partial charge in [-0.25, -0.2) is 4.98 Å². The maximum atomic E-state index is 12.7. The van der Waals surface area contributed by atoms with Gasteiger partial charge in [-0.05, 0) is 26.7 Å². The standard InChI is InChI=1S/C15H20N2OS/c1-4-10-17(13-8-6-5-7-9-13)15(18)14-11(2)16-12(3)19-14/h1,13H,5-10H2,2-3H3. The third-order valence-electron chi connectivity index (χ3n) is 3.64. The van der Waals surface area contributed by atoms with Gasteiger partial charge in [-0.15, -0.1) is 17.8 Å². The molecule has 1 aromatic heterocycles. The van der Waals surface area contributed by atoms with E-state index in [1.165, 1.54) is 30.6 Å². The third-order valence-corrected chi connectivity index (χ3v) is 4.70. The zero-order valence-electron chi connectivity index (χ0n) is 11.6. The van der Waals surface area contributed by atoms with Gasteiger partial charge in [0.2, 0.25) is 0 Å². The van der Waals surface area contributed by atoms with Gasteiger partial charge in [0.05, 0.1) is 17.2 Å². The zero-order chi connectivity index (χ0) is 13.8. The minimum Gasteiger partial charge on any atom is -0.324 e. The number of aryl methyl sites for hydroxylation is 2. The molecule has 0 aliphatic heterocycles. The van der Waals surface area contributed by atoms with Crippen LogP contribution in [0.1, 0.15) is 52.5 Å². The fourth-order valence-electron chi connectivity index (χ4n) is 2.72. The summed E-state index contributed by atoms with van der Waals surface area (Å²) >= 11 is 1.47. The molecule has 102 valence electrons. The van der Waals surface area contributed by atoms with Crippen LogP contribution in [-0.4, -0.2) is 28.4 Å². The van der Waals surface area contributed by atoms with Crippen molar-refractivity contribution in [1.29, 1.82) is 0 Å². The minimum atomic E-state index is 0.0629. The first-order chi connectivity index (χ1) is 9.13. The minimum absolute atomic E-state index is 0.0629. The van der Waals surface area contributed by atoms with E-state index in [9.17, 15) is 4.79 Å². The van der Waals surface area contributed by atoms with E-state index in [0.29, 0.717) is 12.6 Å². The van der Waals surface area contributed by atoms with Crippen molar-refractivity contribution >= 4 is 17.2 Å². The van der Waals surface area contributed by atoms with Gasteiger partial charge in [0.25, 0.3) is 5.91 Å². The molecule has 0 aromatic carbocycles. The Labute approximate surface area is 119 Å². The lowest BCUT2D eigenvalue weighted by molar-refractivity contribution is 0.0671. The van der Waals surface area contributed by atoms with Crippen molar-refractivity contribution in [3.8, 4) is 12.3 Å². The maximum absolute atomic E-state index is 12.7. The van der Waals surface area contributed by atoms with Gasteiger partial charge in [0.1, 0.15) is 4.88 Å². The first-order valence-corrected chi connectivity index (χ1v) is 7.63. The average molecular weight is 276 g/mol. The molecule has 1 fully saturated rings. The molecule has 0 atom stereocenters. The van der Waals surface area contributed by atoms with E-state index in [1.807, 2.05) is 18.7 Å². The highest BCUT2D eigenvalue weighted by atomic mass is 32.1. The molecule has 1 aliphatic carbocycles. The van der Waals surface area contributed by atoms with Gasteiger partial charge in [0.15, 0.2) is 0 Å². The molecule has 1 saturated carbocycles. The van der Waals surface area contributed by atoms with E-state index < -0.39 is 0 Å². The van der Waals surface area contributed by atoms with E-state index in [4.69, 9.17) is 6.42 Å². The van der Waals surface area contributed by atoms with Gasteiger partial charge < -0.3 is 4.90 Å². The summed E-state index contributed by atoms with van der Waals surface area (Å²) < 4.78 is 0. The Morgan fingerprint density at radius 1 is 1.42 bits per heavy atom. The van der Waals surface area contributed by atoms with Crippen LogP contribution in [-0.2, 0) is 0 Å². The van der Waals surface area contributed by atoms with Crippen molar-refractivity contribution in [1.82, 2.24) is 9.88 Å². The van der Waals surface area contributed by atoms with Crippen LogP contribution >= 0.6 is 11.3 Å². The molecule has 1 aromatic rings. The van der Waals surface area contributed by atoms with Crippen LogP contribution in [0.15, 0.2) is 0 Å². The summed E-state index contributed by atoms with van der Waals surface area (Å²) in [4.78, 5) is 19.6. The predicted octanol–water partition coefficient (Wildman–Crippen LogP) is 3.17.